The van der Waals surface area contributed by atoms with Gasteiger partial charge < -0.3 is 10.4 Å². The van der Waals surface area contributed by atoms with Crippen LogP contribution < -0.4 is 5.32 Å². The number of carboxylic acid groups (broad SMARTS) is 1. The number of rotatable bonds is 3. The summed E-state index contributed by atoms with van der Waals surface area (Å²) in [5.74, 6) is -0.666. The van der Waals surface area contributed by atoms with Gasteiger partial charge in [-0.3, -0.25) is 0 Å². The average molecular weight is 181 g/mol. The second kappa shape index (κ2) is 3.84. The van der Waals surface area contributed by atoms with Gasteiger partial charge in [-0.1, -0.05) is 0 Å². The maximum absolute atomic E-state index is 10.7. The van der Waals surface area contributed by atoms with E-state index >= 15 is 0 Å². The first-order chi connectivity index (χ1) is 6.11. The molecule has 0 saturated heterocycles. The van der Waals surface area contributed by atoms with E-state index in [0.717, 1.165) is 0 Å². The molecule has 0 unspecified atom stereocenters. The molecule has 0 atom stereocenters. The first-order valence-corrected chi connectivity index (χ1v) is 3.91. The van der Waals surface area contributed by atoms with Crippen molar-refractivity contribution in [1.29, 1.82) is 0 Å². The highest BCUT2D eigenvalue weighted by Crippen LogP contribution is 2.10. The number of carbonyl (C=O) groups is 1. The summed E-state index contributed by atoms with van der Waals surface area (Å²) < 4.78 is 0. The monoisotopic (exact) mass is 181 g/mol. The fourth-order valence-corrected chi connectivity index (χ4v) is 0.875. The molecule has 2 N–H and O–H groups in total. The molecule has 0 saturated carbocycles. The first-order valence-electron chi connectivity index (χ1n) is 3.91. The standard InChI is InChI=1S/C8H11N3O2/c1-5(2)11-7-6(8(12)13)3-9-4-10-7/h3-5H,1-2H3,(H,12,13)(H,9,10,11). The predicted octanol–water partition coefficient (Wildman–Crippen LogP) is 0.995. The Morgan fingerprint density at radius 3 is 2.85 bits per heavy atom. The minimum Gasteiger partial charge on any atom is -0.477 e. The SMILES string of the molecule is CC(C)Nc1ncncc1C(=O)O. The van der Waals surface area contributed by atoms with Gasteiger partial charge in [0.1, 0.15) is 17.7 Å². The van der Waals surface area contributed by atoms with E-state index in [2.05, 4.69) is 15.3 Å². The van der Waals surface area contributed by atoms with Crippen molar-refractivity contribution in [3.8, 4) is 0 Å². The molecule has 1 aromatic rings. The molecule has 5 heteroatoms. The highest BCUT2D eigenvalue weighted by molar-refractivity contribution is 5.92. The molecule has 1 aromatic heterocycles. The van der Waals surface area contributed by atoms with Crippen LogP contribution in [0, 0.1) is 0 Å². The van der Waals surface area contributed by atoms with Gasteiger partial charge in [0.25, 0.3) is 0 Å². The number of aromatic nitrogens is 2. The van der Waals surface area contributed by atoms with Crippen molar-refractivity contribution in [2.45, 2.75) is 19.9 Å². The molecule has 1 rings (SSSR count). The lowest BCUT2D eigenvalue weighted by Gasteiger charge is -2.09. The third kappa shape index (κ3) is 2.40. The third-order valence-electron chi connectivity index (χ3n) is 1.37. The zero-order valence-corrected chi connectivity index (χ0v) is 7.48. The van der Waals surface area contributed by atoms with Crippen molar-refractivity contribution in [1.82, 2.24) is 9.97 Å². The fourth-order valence-electron chi connectivity index (χ4n) is 0.875. The third-order valence-corrected chi connectivity index (χ3v) is 1.37. The molecular formula is C8H11N3O2. The van der Waals surface area contributed by atoms with Crippen LogP contribution in [0.3, 0.4) is 0 Å². The number of anilines is 1. The van der Waals surface area contributed by atoms with Crippen LogP contribution in [0.25, 0.3) is 0 Å². The van der Waals surface area contributed by atoms with Crippen molar-refractivity contribution in [2.75, 3.05) is 5.32 Å². The Hall–Kier alpha value is -1.65. The average Bonchev–Trinajstić information content (AvgIpc) is 2.03. The first kappa shape index (κ1) is 9.44. The molecule has 70 valence electrons. The lowest BCUT2D eigenvalue weighted by Crippen LogP contribution is -2.15. The smallest absolute Gasteiger partial charge is 0.341 e. The molecule has 0 aliphatic heterocycles. The van der Waals surface area contributed by atoms with Gasteiger partial charge >= 0.3 is 5.97 Å². The zero-order valence-electron chi connectivity index (χ0n) is 7.48. The van der Waals surface area contributed by atoms with Gasteiger partial charge in [-0.15, -0.1) is 0 Å². The van der Waals surface area contributed by atoms with Crippen LogP contribution in [0.2, 0.25) is 0 Å². The van der Waals surface area contributed by atoms with E-state index < -0.39 is 5.97 Å². The Balaban J connectivity index is 2.98. The van der Waals surface area contributed by atoms with Crippen LogP contribution in [-0.4, -0.2) is 27.1 Å². The highest BCUT2D eigenvalue weighted by Gasteiger charge is 2.11. The molecule has 0 amide bonds. The van der Waals surface area contributed by atoms with Crippen molar-refractivity contribution < 1.29 is 9.90 Å². The second-order valence-electron chi connectivity index (χ2n) is 2.89. The minimum atomic E-state index is -1.02. The Morgan fingerprint density at radius 1 is 1.62 bits per heavy atom. The summed E-state index contributed by atoms with van der Waals surface area (Å²) in [4.78, 5) is 18.2. The van der Waals surface area contributed by atoms with E-state index in [1.807, 2.05) is 13.8 Å². The highest BCUT2D eigenvalue weighted by atomic mass is 16.4. The molecule has 0 aromatic carbocycles. The van der Waals surface area contributed by atoms with Gasteiger partial charge in [-0.2, -0.15) is 0 Å². The molecule has 0 aliphatic rings. The minimum absolute atomic E-state index is 0.0937. The van der Waals surface area contributed by atoms with Gasteiger partial charge in [0.15, 0.2) is 0 Å². The van der Waals surface area contributed by atoms with Crippen LogP contribution in [0.15, 0.2) is 12.5 Å². The summed E-state index contributed by atoms with van der Waals surface area (Å²) in [6.07, 6.45) is 2.59. The number of carboxylic acids is 1. The maximum Gasteiger partial charge on any atom is 0.341 e. The summed E-state index contributed by atoms with van der Waals surface area (Å²) >= 11 is 0. The number of nitrogens with one attached hydrogen (secondary N) is 1. The number of hydrogen-bond acceptors (Lipinski definition) is 4. The van der Waals surface area contributed by atoms with E-state index in [1.54, 1.807) is 0 Å². The fraction of sp³-hybridized carbons (Fsp3) is 0.375. The van der Waals surface area contributed by atoms with Crippen LogP contribution in [0.5, 0.6) is 0 Å². The maximum atomic E-state index is 10.7. The lowest BCUT2D eigenvalue weighted by atomic mass is 10.3. The van der Waals surface area contributed by atoms with Crippen molar-refractivity contribution in [3.63, 3.8) is 0 Å². The zero-order chi connectivity index (χ0) is 9.84. The van der Waals surface area contributed by atoms with E-state index in [1.165, 1.54) is 12.5 Å². The van der Waals surface area contributed by atoms with E-state index in [0.29, 0.717) is 5.82 Å². The summed E-state index contributed by atoms with van der Waals surface area (Å²) in [7, 11) is 0. The normalized spacial score (nSPS) is 10.1. The van der Waals surface area contributed by atoms with E-state index in [9.17, 15) is 4.79 Å². The molecule has 1 heterocycles. The molecule has 0 bridgehead atoms. The van der Waals surface area contributed by atoms with Crippen molar-refractivity contribution >= 4 is 11.8 Å². The summed E-state index contributed by atoms with van der Waals surface area (Å²) in [5, 5.41) is 11.7. The van der Waals surface area contributed by atoms with E-state index in [4.69, 9.17) is 5.11 Å². The van der Waals surface area contributed by atoms with Crippen LogP contribution in [0.4, 0.5) is 5.82 Å². The summed E-state index contributed by atoms with van der Waals surface area (Å²) in [6.45, 7) is 3.82. The molecule has 0 radical (unpaired) electrons. The molecule has 0 aliphatic carbocycles. The van der Waals surface area contributed by atoms with Crippen LogP contribution in [0.1, 0.15) is 24.2 Å². The van der Waals surface area contributed by atoms with Crippen LogP contribution in [-0.2, 0) is 0 Å². The predicted molar refractivity (Wildman–Crippen MR) is 47.8 cm³/mol. The van der Waals surface area contributed by atoms with E-state index in [-0.39, 0.29) is 11.6 Å². The number of aromatic carboxylic acids is 1. The topological polar surface area (TPSA) is 75.1 Å². The Kier molecular flexibility index (Phi) is 2.79. The van der Waals surface area contributed by atoms with Gasteiger partial charge in [0.2, 0.25) is 0 Å². The van der Waals surface area contributed by atoms with Gasteiger partial charge in [-0.05, 0) is 13.8 Å². The quantitative estimate of drug-likeness (QED) is 0.727. The van der Waals surface area contributed by atoms with Crippen molar-refractivity contribution in [3.05, 3.63) is 18.1 Å². The Bertz CT molecular complexity index is 312. The van der Waals surface area contributed by atoms with Gasteiger partial charge in [-0.25, -0.2) is 14.8 Å². The molecule has 13 heavy (non-hydrogen) atoms. The number of nitrogens with zero attached hydrogens (tertiary/aromatic N) is 2. The summed E-state index contributed by atoms with van der Waals surface area (Å²) in [5.41, 5.74) is 0.0937. The van der Waals surface area contributed by atoms with Gasteiger partial charge in [0.05, 0.1) is 0 Å². The molecular weight excluding hydrogens is 170 g/mol. The van der Waals surface area contributed by atoms with Gasteiger partial charge in [0, 0.05) is 12.2 Å². The molecule has 5 nitrogen and oxygen atoms in total. The Morgan fingerprint density at radius 2 is 2.31 bits per heavy atom. The molecule has 0 fully saturated rings. The lowest BCUT2D eigenvalue weighted by molar-refractivity contribution is 0.0697. The second-order valence-corrected chi connectivity index (χ2v) is 2.89. The van der Waals surface area contributed by atoms with Crippen molar-refractivity contribution in [2.24, 2.45) is 0 Å². The largest absolute Gasteiger partial charge is 0.477 e. The molecule has 0 spiro atoms. The Labute approximate surface area is 75.8 Å². The summed E-state index contributed by atoms with van der Waals surface area (Å²) in [6, 6.07) is 0.146. The van der Waals surface area contributed by atoms with Crippen LogP contribution >= 0.6 is 0 Å². The number of hydrogen-bond donors (Lipinski definition) is 2.